The number of aromatic nitrogens is 2. The van der Waals surface area contributed by atoms with Crippen LogP contribution in [0.3, 0.4) is 0 Å². The normalized spacial score (nSPS) is 11.3. The second-order valence-electron chi connectivity index (χ2n) is 6.77. The van der Waals surface area contributed by atoms with Gasteiger partial charge in [0.05, 0.1) is 17.3 Å². The first-order chi connectivity index (χ1) is 16.1. The minimum absolute atomic E-state index is 0.0347. The van der Waals surface area contributed by atoms with Crippen molar-refractivity contribution in [3.63, 3.8) is 0 Å². The average Bonchev–Trinajstić information content (AvgIpc) is 3.23. The van der Waals surface area contributed by atoms with Crippen LogP contribution in [0.4, 0.5) is 14.9 Å². The number of nitrogens with zero attached hydrogens (tertiary/aromatic N) is 2. The van der Waals surface area contributed by atoms with Gasteiger partial charge in [-0.15, -0.1) is 0 Å². The van der Waals surface area contributed by atoms with E-state index in [2.05, 4.69) is 10.3 Å². The summed E-state index contributed by atoms with van der Waals surface area (Å²) < 4.78 is 39.5. The largest absolute Gasteiger partial charge is 0.505 e. The molecular formula is C20H14FN5O6S2. The summed E-state index contributed by atoms with van der Waals surface area (Å²) in [4.78, 5) is 41.1. The third kappa shape index (κ3) is 4.18. The molecular weight excluding hydrogens is 489 g/mol. The SMILES string of the molecule is NC(=O)c1c(O)c2ccccc2c(=O)n1-c1ccc(NC(=O)NS(=O)(=O)c2ccc(F)s2)cn1. The van der Waals surface area contributed by atoms with Crippen molar-refractivity contribution in [3.05, 3.63) is 75.9 Å². The lowest BCUT2D eigenvalue weighted by molar-refractivity contribution is 0.0990. The minimum atomic E-state index is -4.28. The van der Waals surface area contributed by atoms with Crippen LogP contribution in [-0.2, 0) is 10.0 Å². The number of thiophene rings is 1. The van der Waals surface area contributed by atoms with Crippen LogP contribution in [0.15, 0.2) is 63.7 Å². The zero-order valence-electron chi connectivity index (χ0n) is 16.9. The molecule has 0 saturated carbocycles. The van der Waals surface area contributed by atoms with Gasteiger partial charge in [-0.1, -0.05) is 29.5 Å². The zero-order chi connectivity index (χ0) is 24.6. The Kier molecular flexibility index (Phi) is 5.76. The second-order valence-corrected chi connectivity index (χ2v) is 9.71. The lowest BCUT2D eigenvalue weighted by Crippen LogP contribution is -2.34. The van der Waals surface area contributed by atoms with Crippen LogP contribution >= 0.6 is 11.3 Å². The maximum Gasteiger partial charge on any atom is 0.333 e. The molecule has 0 saturated heterocycles. The predicted octanol–water partition coefficient (Wildman–Crippen LogP) is 1.90. The molecule has 5 N–H and O–H groups in total. The van der Waals surface area contributed by atoms with Crippen LogP contribution in [0.1, 0.15) is 10.5 Å². The summed E-state index contributed by atoms with van der Waals surface area (Å²) in [5.74, 6) is -1.66. The molecule has 1 aromatic carbocycles. The fraction of sp³-hybridized carbons (Fsp3) is 0. The molecule has 34 heavy (non-hydrogen) atoms. The zero-order valence-corrected chi connectivity index (χ0v) is 18.5. The first kappa shape index (κ1) is 22.9. The standard InChI is InChI=1S/C20H14FN5O6S2/c21-13-6-8-15(33-13)34(31,32)25-20(30)24-10-5-7-14(23-9-10)26-16(18(22)28)17(27)11-3-1-2-4-12(11)19(26)29/h1-9,27H,(H2,22,28)(H2,24,25,30). The van der Waals surface area contributed by atoms with Crippen LogP contribution in [0.2, 0.25) is 0 Å². The number of carbonyl (C=O) groups excluding carboxylic acids is 2. The van der Waals surface area contributed by atoms with Gasteiger partial charge in [-0.2, -0.15) is 4.39 Å². The number of carbonyl (C=O) groups is 2. The van der Waals surface area contributed by atoms with Gasteiger partial charge in [-0.25, -0.2) is 22.9 Å². The Hall–Kier alpha value is -4.30. The van der Waals surface area contributed by atoms with E-state index in [1.807, 2.05) is 0 Å². The smallest absolute Gasteiger partial charge is 0.333 e. The highest BCUT2D eigenvalue weighted by Gasteiger charge is 2.23. The quantitative estimate of drug-likeness (QED) is 0.322. The van der Waals surface area contributed by atoms with Crippen molar-refractivity contribution in [1.82, 2.24) is 14.3 Å². The van der Waals surface area contributed by atoms with Crippen LogP contribution in [0.5, 0.6) is 5.75 Å². The molecule has 0 aliphatic rings. The van der Waals surface area contributed by atoms with E-state index in [1.165, 1.54) is 24.3 Å². The number of halogens is 1. The van der Waals surface area contributed by atoms with Gasteiger partial charge in [-0.05, 0) is 30.3 Å². The number of nitrogens with two attached hydrogens (primary N) is 1. The van der Waals surface area contributed by atoms with E-state index in [1.54, 1.807) is 16.9 Å². The topological polar surface area (TPSA) is 173 Å². The Morgan fingerprint density at radius 3 is 2.38 bits per heavy atom. The Labute approximate surface area is 194 Å². The Balaban J connectivity index is 1.64. The summed E-state index contributed by atoms with van der Waals surface area (Å²) in [6, 6.07) is 9.43. The van der Waals surface area contributed by atoms with Gasteiger partial charge in [-0.3, -0.25) is 14.2 Å². The van der Waals surface area contributed by atoms with Crippen molar-refractivity contribution >= 4 is 49.8 Å². The number of pyridine rings is 2. The number of urea groups is 1. The van der Waals surface area contributed by atoms with E-state index >= 15 is 0 Å². The van der Waals surface area contributed by atoms with Gasteiger partial charge in [0.2, 0.25) is 0 Å². The van der Waals surface area contributed by atoms with Crippen molar-refractivity contribution in [2.24, 2.45) is 5.73 Å². The molecule has 0 aliphatic heterocycles. The summed E-state index contributed by atoms with van der Waals surface area (Å²) in [6.07, 6.45) is 1.09. The average molecular weight is 503 g/mol. The number of aromatic hydroxyl groups is 1. The van der Waals surface area contributed by atoms with Gasteiger partial charge < -0.3 is 16.2 Å². The fourth-order valence-corrected chi connectivity index (χ4v) is 5.05. The summed E-state index contributed by atoms with van der Waals surface area (Å²) in [7, 11) is -4.28. The first-order valence-electron chi connectivity index (χ1n) is 9.30. The molecule has 14 heteroatoms. The van der Waals surface area contributed by atoms with Gasteiger partial charge in [0.1, 0.15) is 10.0 Å². The highest BCUT2D eigenvalue weighted by atomic mass is 32.2. The Morgan fingerprint density at radius 2 is 1.79 bits per heavy atom. The molecule has 11 nitrogen and oxygen atoms in total. The number of hydrogen-bond acceptors (Lipinski definition) is 8. The predicted molar refractivity (Wildman–Crippen MR) is 121 cm³/mol. The Morgan fingerprint density at radius 1 is 1.09 bits per heavy atom. The van der Waals surface area contributed by atoms with Gasteiger partial charge in [0.25, 0.3) is 21.5 Å². The van der Waals surface area contributed by atoms with Gasteiger partial charge in [0, 0.05) is 5.39 Å². The number of benzene rings is 1. The van der Waals surface area contributed by atoms with E-state index in [0.717, 1.165) is 22.9 Å². The van der Waals surface area contributed by atoms with Crippen molar-refractivity contribution in [2.45, 2.75) is 4.21 Å². The number of rotatable bonds is 5. The summed E-state index contributed by atoms with van der Waals surface area (Å²) >= 11 is 0.349. The number of hydrogen-bond donors (Lipinski definition) is 4. The van der Waals surface area contributed by atoms with E-state index in [9.17, 15) is 32.3 Å². The van der Waals surface area contributed by atoms with Crippen LogP contribution in [-0.4, -0.2) is 35.0 Å². The van der Waals surface area contributed by atoms with Gasteiger partial charge in [0.15, 0.2) is 16.6 Å². The molecule has 3 aromatic heterocycles. The van der Waals surface area contributed by atoms with Gasteiger partial charge >= 0.3 is 6.03 Å². The molecule has 0 atom stereocenters. The van der Waals surface area contributed by atoms with Crippen molar-refractivity contribution in [3.8, 4) is 11.6 Å². The second kappa shape index (κ2) is 8.57. The van der Waals surface area contributed by atoms with Crippen molar-refractivity contribution < 1.29 is 27.5 Å². The fourth-order valence-electron chi connectivity index (χ4n) is 3.14. The van der Waals surface area contributed by atoms with Crippen molar-refractivity contribution in [1.29, 1.82) is 0 Å². The molecule has 0 aliphatic carbocycles. The molecule has 3 amide bonds. The van der Waals surface area contributed by atoms with Crippen LogP contribution in [0, 0.1) is 5.13 Å². The Bertz CT molecular complexity index is 1610. The van der Waals surface area contributed by atoms with E-state index in [4.69, 9.17) is 5.73 Å². The molecule has 3 heterocycles. The molecule has 4 aromatic rings. The highest BCUT2D eigenvalue weighted by molar-refractivity contribution is 7.92. The molecule has 0 fully saturated rings. The number of sulfonamides is 1. The van der Waals surface area contributed by atoms with E-state index in [-0.39, 0.29) is 26.5 Å². The first-order valence-corrected chi connectivity index (χ1v) is 11.6. The third-order valence-electron chi connectivity index (χ3n) is 4.57. The lowest BCUT2D eigenvalue weighted by Gasteiger charge is -2.14. The maximum atomic E-state index is 13.1. The molecule has 0 bridgehead atoms. The minimum Gasteiger partial charge on any atom is -0.505 e. The summed E-state index contributed by atoms with van der Waals surface area (Å²) in [5.41, 5.74) is 4.27. The molecule has 174 valence electrons. The summed E-state index contributed by atoms with van der Waals surface area (Å²) in [5, 5.41) is 12.3. The molecule has 0 unspecified atom stereocenters. The van der Waals surface area contributed by atoms with E-state index < -0.39 is 44.1 Å². The summed E-state index contributed by atoms with van der Waals surface area (Å²) in [6.45, 7) is 0. The van der Waals surface area contributed by atoms with Crippen LogP contribution < -0.4 is 21.3 Å². The maximum absolute atomic E-state index is 13.1. The van der Waals surface area contributed by atoms with E-state index in [0.29, 0.717) is 11.3 Å². The number of amides is 3. The third-order valence-corrected chi connectivity index (χ3v) is 7.27. The number of anilines is 1. The molecule has 0 radical (unpaired) electrons. The number of nitrogens with one attached hydrogen (secondary N) is 2. The molecule has 4 rings (SSSR count). The number of fused-ring (bicyclic) bond motifs is 1. The molecule has 0 spiro atoms. The van der Waals surface area contributed by atoms with Crippen LogP contribution in [0.25, 0.3) is 16.6 Å². The highest BCUT2D eigenvalue weighted by Crippen LogP contribution is 2.27. The van der Waals surface area contributed by atoms with Crippen molar-refractivity contribution in [2.75, 3.05) is 5.32 Å². The monoisotopic (exact) mass is 503 g/mol. The lowest BCUT2D eigenvalue weighted by atomic mass is 10.1. The number of primary amides is 1.